The molecule has 0 unspecified atom stereocenters. The first kappa shape index (κ1) is 26.8. The minimum Gasteiger partial charge on any atom is -0.248 e. The summed E-state index contributed by atoms with van der Waals surface area (Å²) in [4.78, 5) is 23.4. The summed E-state index contributed by atoms with van der Waals surface area (Å²) in [6, 6.07) is 29.3. The summed E-state index contributed by atoms with van der Waals surface area (Å²) >= 11 is 3.39. The molecule has 0 spiro atoms. The van der Waals surface area contributed by atoms with Gasteiger partial charge < -0.3 is 0 Å². The number of thiophene rings is 2. The number of hydrogen-bond donors (Lipinski definition) is 0. The molecule has 8 bridgehead atoms. The number of aliphatic imine (C=N–C) groups is 4. The third-order valence-corrected chi connectivity index (χ3v) is 10.0. The second kappa shape index (κ2) is 11.1. The number of hydrogen-bond acceptors (Lipinski definition) is 6. The van der Waals surface area contributed by atoms with Crippen molar-refractivity contribution in [2.24, 2.45) is 20.0 Å². The van der Waals surface area contributed by atoms with Crippen molar-refractivity contribution in [3.8, 4) is 0 Å². The Morgan fingerprint density at radius 3 is 1.02 bits per heavy atom. The van der Waals surface area contributed by atoms with Gasteiger partial charge in [-0.05, 0) is 82.6 Å². The molecule has 9 rings (SSSR count). The molecule has 2 aromatic carbocycles. The van der Waals surface area contributed by atoms with Crippen molar-refractivity contribution in [2.45, 2.75) is 0 Å². The number of benzene rings is 2. The lowest BCUT2D eigenvalue weighted by molar-refractivity contribution is 1.41. The molecule has 216 valence electrons. The molecule has 0 atom stereocenters. The van der Waals surface area contributed by atoms with Crippen molar-refractivity contribution in [3.63, 3.8) is 0 Å². The Bertz CT molecular complexity index is 2220. The van der Waals surface area contributed by atoms with Crippen LogP contribution < -0.4 is 0 Å². The molecule has 5 aliphatic heterocycles. The van der Waals surface area contributed by atoms with E-state index in [1.54, 1.807) is 22.7 Å². The molecule has 4 aromatic rings. The molecule has 46 heavy (non-hydrogen) atoms. The van der Waals surface area contributed by atoms with E-state index in [0.29, 0.717) is 0 Å². The molecule has 4 nitrogen and oxygen atoms in total. The average molecular weight is 625 g/mol. The first-order chi connectivity index (χ1) is 22.8. The predicted octanol–water partition coefficient (Wildman–Crippen LogP) is 9.81. The third-order valence-electron chi connectivity index (χ3n) is 8.27. The van der Waals surface area contributed by atoms with Gasteiger partial charge in [0.15, 0.2) is 0 Å². The van der Waals surface area contributed by atoms with E-state index in [2.05, 4.69) is 132 Å². The second-order valence-corrected chi connectivity index (χ2v) is 12.9. The topological polar surface area (TPSA) is 49.4 Å². The summed E-state index contributed by atoms with van der Waals surface area (Å²) in [7, 11) is 0. The largest absolute Gasteiger partial charge is 0.248 e. The molecule has 0 saturated carbocycles. The quantitative estimate of drug-likeness (QED) is 0.217. The summed E-state index contributed by atoms with van der Waals surface area (Å²) in [6.07, 6.45) is 16.9. The van der Waals surface area contributed by atoms with Gasteiger partial charge in [0, 0.05) is 32.0 Å². The van der Waals surface area contributed by atoms with Gasteiger partial charge >= 0.3 is 0 Å². The summed E-state index contributed by atoms with van der Waals surface area (Å²) in [5.41, 5.74) is 13.2. The van der Waals surface area contributed by atoms with E-state index in [1.165, 1.54) is 0 Å². The molecule has 0 fully saturated rings. The monoisotopic (exact) mass is 624 g/mol. The highest BCUT2D eigenvalue weighted by atomic mass is 32.1. The Kier molecular flexibility index (Phi) is 6.47. The maximum Gasteiger partial charge on any atom is 0.0746 e. The minimum absolute atomic E-state index is 0.871. The van der Waals surface area contributed by atoms with Crippen LogP contribution in [-0.2, 0) is 0 Å². The Morgan fingerprint density at radius 2 is 0.674 bits per heavy atom. The third kappa shape index (κ3) is 4.58. The molecular weight excluding hydrogens is 601 g/mol. The van der Waals surface area contributed by atoms with Gasteiger partial charge in [0.2, 0.25) is 0 Å². The SMILES string of the molecule is C1=CC2=C(c3ccccc3)C3=NC(=C(c4cccs4)C4=NC(=C(c5cccs5)C5=NC(=C(c6ccccc6)C1=N2)C=C5)C=C4)C=C3. The molecule has 0 N–H and O–H groups in total. The van der Waals surface area contributed by atoms with Crippen LogP contribution in [0, 0.1) is 0 Å². The highest BCUT2D eigenvalue weighted by Gasteiger charge is 2.27. The molecule has 0 saturated heterocycles. The molecule has 0 amide bonds. The molecule has 0 aliphatic carbocycles. The number of rotatable bonds is 4. The predicted molar refractivity (Wildman–Crippen MR) is 196 cm³/mol. The van der Waals surface area contributed by atoms with E-state index in [0.717, 1.165) is 88.8 Å². The van der Waals surface area contributed by atoms with Gasteiger partial charge in [0.1, 0.15) is 0 Å². The van der Waals surface area contributed by atoms with Crippen molar-refractivity contribution in [1.82, 2.24) is 0 Å². The zero-order valence-electron chi connectivity index (χ0n) is 24.5. The highest BCUT2D eigenvalue weighted by Crippen LogP contribution is 2.39. The van der Waals surface area contributed by atoms with E-state index in [9.17, 15) is 0 Å². The second-order valence-electron chi connectivity index (χ2n) is 11.0. The van der Waals surface area contributed by atoms with Crippen molar-refractivity contribution in [1.29, 1.82) is 0 Å². The summed E-state index contributed by atoms with van der Waals surface area (Å²) in [5.74, 6) is 0. The summed E-state index contributed by atoms with van der Waals surface area (Å²) < 4.78 is 0. The van der Waals surface area contributed by atoms with Gasteiger partial charge in [-0.2, -0.15) is 0 Å². The first-order valence-electron chi connectivity index (χ1n) is 15.0. The Morgan fingerprint density at radius 1 is 0.326 bits per heavy atom. The van der Waals surface area contributed by atoms with Crippen molar-refractivity contribution in [3.05, 3.63) is 188 Å². The van der Waals surface area contributed by atoms with Crippen LogP contribution in [0.4, 0.5) is 0 Å². The molecule has 2 aromatic heterocycles. The van der Waals surface area contributed by atoms with Crippen LogP contribution in [0.2, 0.25) is 0 Å². The van der Waals surface area contributed by atoms with E-state index in [1.807, 2.05) is 12.1 Å². The number of nitrogens with zero attached hydrogens (tertiary/aromatic N) is 4. The number of allylic oxidation sites excluding steroid dienone is 12. The molecule has 6 heteroatoms. The van der Waals surface area contributed by atoms with Gasteiger partial charge in [-0.3, -0.25) is 0 Å². The van der Waals surface area contributed by atoms with Crippen LogP contribution in [0.25, 0.3) is 22.3 Å². The molecule has 7 heterocycles. The van der Waals surface area contributed by atoms with Crippen molar-refractivity contribution < 1.29 is 0 Å². The molecule has 5 aliphatic rings. The van der Waals surface area contributed by atoms with E-state index in [4.69, 9.17) is 20.0 Å². The Balaban J connectivity index is 1.37. The smallest absolute Gasteiger partial charge is 0.0746 e. The minimum atomic E-state index is 0.871. The lowest BCUT2D eigenvalue weighted by atomic mass is 9.99. The van der Waals surface area contributed by atoms with Gasteiger partial charge in [-0.15, -0.1) is 22.7 Å². The Hall–Kier alpha value is -5.56. The summed E-state index contributed by atoms with van der Waals surface area (Å²) in [5, 5.41) is 4.21. The fraction of sp³-hybridized carbons (Fsp3) is 0. The van der Waals surface area contributed by atoms with Crippen LogP contribution in [0.1, 0.15) is 20.9 Å². The fourth-order valence-electron chi connectivity index (χ4n) is 6.24. The van der Waals surface area contributed by atoms with Crippen LogP contribution in [0.3, 0.4) is 0 Å². The lowest BCUT2D eigenvalue weighted by Gasteiger charge is -2.11. The van der Waals surface area contributed by atoms with Crippen LogP contribution >= 0.6 is 22.7 Å². The molecule has 0 radical (unpaired) electrons. The van der Waals surface area contributed by atoms with Crippen molar-refractivity contribution >= 4 is 67.8 Å². The van der Waals surface area contributed by atoms with Crippen LogP contribution in [0.15, 0.2) is 187 Å². The maximum atomic E-state index is 5.30. The zero-order chi connectivity index (χ0) is 30.5. The van der Waals surface area contributed by atoms with E-state index in [-0.39, 0.29) is 0 Å². The maximum absolute atomic E-state index is 5.30. The molecular formula is C40H24N4S2. The van der Waals surface area contributed by atoms with Gasteiger partial charge in [0.05, 0.1) is 45.6 Å². The average Bonchev–Trinajstić information content (AvgIpc) is 3.93. The van der Waals surface area contributed by atoms with Gasteiger partial charge in [-0.25, -0.2) is 20.0 Å². The first-order valence-corrected chi connectivity index (χ1v) is 16.8. The highest BCUT2D eigenvalue weighted by molar-refractivity contribution is 7.12. The normalized spacial score (nSPS) is 18.3. The lowest BCUT2D eigenvalue weighted by Crippen LogP contribution is -2.03. The van der Waals surface area contributed by atoms with Crippen LogP contribution in [-0.4, -0.2) is 22.8 Å². The summed E-state index contributed by atoms with van der Waals surface area (Å²) in [6.45, 7) is 0. The van der Waals surface area contributed by atoms with Gasteiger partial charge in [0.25, 0.3) is 0 Å². The fourth-order valence-corrected chi connectivity index (χ4v) is 7.81. The Labute approximate surface area is 274 Å². The van der Waals surface area contributed by atoms with E-state index < -0.39 is 0 Å². The van der Waals surface area contributed by atoms with Crippen molar-refractivity contribution in [2.75, 3.05) is 0 Å². The van der Waals surface area contributed by atoms with E-state index >= 15 is 0 Å². The number of fused-ring (bicyclic) bond motifs is 4. The zero-order valence-corrected chi connectivity index (χ0v) is 26.1. The van der Waals surface area contributed by atoms with Gasteiger partial charge in [-0.1, -0.05) is 72.8 Å². The standard InChI is InChI=1S/C40H24N4S2/c1-3-9-25(10-4-1)37-27-15-16-28(41-27)38(26-11-5-2-6-12-26)30-18-20-32(43-30)40(36-14-8-24-46-36)34-22-21-33(44-34)39(35-13-7-23-45-35)31-19-17-29(37)42-31/h1-24H. The van der Waals surface area contributed by atoms with Crippen LogP contribution in [0.5, 0.6) is 0 Å².